The van der Waals surface area contributed by atoms with E-state index in [0.717, 1.165) is 5.56 Å². The van der Waals surface area contributed by atoms with Gasteiger partial charge in [-0.1, -0.05) is 0 Å². The van der Waals surface area contributed by atoms with E-state index in [1.165, 1.54) is 0 Å². The maximum atomic E-state index is 11.0. The van der Waals surface area contributed by atoms with Gasteiger partial charge in [0.15, 0.2) is 0 Å². The Kier molecular flexibility index (Phi) is 4.71. The van der Waals surface area contributed by atoms with E-state index >= 15 is 0 Å². The zero-order valence-electron chi connectivity index (χ0n) is 9.86. The third-order valence-corrected chi connectivity index (χ3v) is 3.28. The first-order valence-corrected chi connectivity index (χ1v) is 6.84. The maximum Gasteiger partial charge on any atom is 0.120 e. The van der Waals surface area contributed by atoms with Crippen molar-refractivity contribution < 1.29 is 4.21 Å². The van der Waals surface area contributed by atoms with Crippen LogP contribution in [0.3, 0.4) is 0 Å². The molecule has 1 N–H and O–H groups in total. The van der Waals surface area contributed by atoms with Crippen molar-refractivity contribution in [2.75, 3.05) is 12.0 Å². The number of hydrogen-bond acceptors (Lipinski definition) is 3. The summed E-state index contributed by atoms with van der Waals surface area (Å²) in [5.74, 6) is 0.651. The first kappa shape index (κ1) is 12.9. The minimum atomic E-state index is -0.774. The molecular formula is C11H17N3OS. The summed E-state index contributed by atoms with van der Waals surface area (Å²) >= 11 is 0. The lowest BCUT2D eigenvalue weighted by molar-refractivity contribution is 0.587. The third kappa shape index (κ3) is 3.80. The summed E-state index contributed by atoms with van der Waals surface area (Å²) in [6.07, 6.45) is 3.63. The molecule has 0 fully saturated rings. The molecule has 5 heteroatoms. The van der Waals surface area contributed by atoms with Crippen molar-refractivity contribution in [2.45, 2.75) is 19.5 Å². The van der Waals surface area contributed by atoms with Crippen LogP contribution in [0.1, 0.15) is 18.2 Å². The molecule has 2 atom stereocenters. The highest BCUT2D eigenvalue weighted by molar-refractivity contribution is 7.84. The van der Waals surface area contributed by atoms with Crippen LogP contribution in [0.25, 0.3) is 0 Å². The van der Waals surface area contributed by atoms with E-state index < -0.39 is 10.8 Å². The molecule has 0 radical (unpaired) electrons. The first-order valence-electron chi connectivity index (χ1n) is 5.11. The summed E-state index contributed by atoms with van der Waals surface area (Å²) in [4.78, 5) is 0. The Balaban J connectivity index is 2.49. The number of nitrogens with zero attached hydrogens (tertiary/aromatic N) is 2. The van der Waals surface area contributed by atoms with Crippen molar-refractivity contribution in [1.82, 2.24) is 9.88 Å². The normalized spacial score (nSPS) is 14.4. The molecule has 0 saturated carbocycles. The molecule has 0 saturated heterocycles. The Morgan fingerprint density at radius 3 is 2.88 bits per heavy atom. The van der Waals surface area contributed by atoms with Crippen molar-refractivity contribution in [1.29, 1.82) is 5.26 Å². The van der Waals surface area contributed by atoms with Gasteiger partial charge in [0.05, 0.1) is 0 Å². The molecule has 1 aromatic rings. The number of aromatic nitrogens is 1. The smallest absolute Gasteiger partial charge is 0.120 e. The predicted molar refractivity (Wildman–Crippen MR) is 65.4 cm³/mol. The summed E-state index contributed by atoms with van der Waals surface area (Å²) in [7, 11) is 1.08. The number of nitrogens with one attached hydrogen (secondary N) is 1. The SMILES string of the molecule is CC(CS(C)=O)NCc1cc(C#N)n(C)c1. The van der Waals surface area contributed by atoms with Gasteiger partial charge in [-0.15, -0.1) is 0 Å². The minimum Gasteiger partial charge on any atom is -0.342 e. The zero-order chi connectivity index (χ0) is 12.1. The molecule has 1 aromatic heterocycles. The Labute approximate surface area is 98.7 Å². The lowest BCUT2D eigenvalue weighted by Crippen LogP contribution is -2.30. The van der Waals surface area contributed by atoms with E-state index in [4.69, 9.17) is 5.26 Å². The first-order chi connectivity index (χ1) is 7.52. The van der Waals surface area contributed by atoms with Gasteiger partial charge in [0.25, 0.3) is 0 Å². The average molecular weight is 239 g/mol. The zero-order valence-corrected chi connectivity index (χ0v) is 10.7. The summed E-state index contributed by atoms with van der Waals surface area (Å²) in [5.41, 5.74) is 1.73. The van der Waals surface area contributed by atoms with E-state index in [2.05, 4.69) is 11.4 Å². The Morgan fingerprint density at radius 1 is 1.69 bits per heavy atom. The minimum absolute atomic E-state index is 0.219. The van der Waals surface area contributed by atoms with Crippen LogP contribution >= 0.6 is 0 Å². The highest BCUT2D eigenvalue weighted by atomic mass is 32.2. The van der Waals surface area contributed by atoms with Crippen LogP contribution in [-0.2, 0) is 24.4 Å². The van der Waals surface area contributed by atoms with Crippen LogP contribution in [0.5, 0.6) is 0 Å². The van der Waals surface area contributed by atoms with Gasteiger partial charge in [-0.2, -0.15) is 5.26 Å². The standard InChI is InChI=1S/C11H17N3OS/c1-9(8-16(3)15)13-6-10-4-11(5-12)14(2)7-10/h4,7,9,13H,6,8H2,1-3H3. The molecule has 0 aliphatic heterocycles. The maximum absolute atomic E-state index is 11.0. The number of hydrogen-bond donors (Lipinski definition) is 1. The molecule has 0 aliphatic carbocycles. The Hall–Kier alpha value is -1.12. The Bertz CT molecular complexity index is 419. The second-order valence-corrected chi connectivity index (χ2v) is 5.46. The van der Waals surface area contributed by atoms with E-state index in [0.29, 0.717) is 18.0 Å². The molecule has 1 heterocycles. The van der Waals surface area contributed by atoms with Gasteiger partial charge in [0.1, 0.15) is 11.8 Å². The van der Waals surface area contributed by atoms with Crippen molar-refractivity contribution in [3.8, 4) is 6.07 Å². The van der Waals surface area contributed by atoms with E-state index in [9.17, 15) is 4.21 Å². The van der Waals surface area contributed by atoms with Gasteiger partial charge < -0.3 is 9.88 Å². The lowest BCUT2D eigenvalue weighted by atomic mass is 10.3. The molecule has 88 valence electrons. The van der Waals surface area contributed by atoms with Gasteiger partial charge in [-0.3, -0.25) is 4.21 Å². The van der Waals surface area contributed by atoms with Gasteiger partial charge in [-0.05, 0) is 18.6 Å². The number of aryl methyl sites for hydroxylation is 1. The molecule has 4 nitrogen and oxygen atoms in total. The number of rotatable bonds is 5. The second-order valence-electron chi connectivity index (χ2n) is 3.98. The summed E-state index contributed by atoms with van der Waals surface area (Å²) in [6.45, 7) is 2.71. The fraction of sp³-hybridized carbons (Fsp3) is 0.545. The molecule has 0 aromatic carbocycles. The van der Waals surface area contributed by atoms with Crippen molar-refractivity contribution in [3.63, 3.8) is 0 Å². The highest BCUT2D eigenvalue weighted by Crippen LogP contribution is 2.05. The second kappa shape index (κ2) is 5.83. The third-order valence-electron chi connectivity index (χ3n) is 2.32. The quantitative estimate of drug-likeness (QED) is 0.825. The number of nitriles is 1. The predicted octanol–water partition coefficient (Wildman–Crippen LogP) is 0.753. The highest BCUT2D eigenvalue weighted by Gasteiger charge is 2.06. The summed E-state index contributed by atoms with van der Waals surface area (Å²) in [5, 5.41) is 12.1. The Morgan fingerprint density at radius 2 is 2.38 bits per heavy atom. The van der Waals surface area contributed by atoms with Crippen LogP contribution in [0, 0.1) is 11.3 Å². The molecular weight excluding hydrogens is 222 g/mol. The van der Waals surface area contributed by atoms with E-state index in [1.807, 2.05) is 26.2 Å². The fourth-order valence-corrected chi connectivity index (χ4v) is 2.37. The molecule has 0 amide bonds. The molecule has 0 bridgehead atoms. The molecule has 0 spiro atoms. The molecule has 16 heavy (non-hydrogen) atoms. The van der Waals surface area contributed by atoms with Crippen molar-refractivity contribution in [2.24, 2.45) is 7.05 Å². The van der Waals surface area contributed by atoms with E-state index in [-0.39, 0.29) is 6.04 Å². The van der Waals surface area contributed by atoms with Crippen LogP contribution in [0.15, 0.2) is 12.3 Å². The van der Waals surface area contributed by atoms with Crippen molar-refractivity contribution >= 4 is 10.8 Å². The fourth-order valence-electron chi connectivity index (χ4n) is 1.54. The van der Waals surface area contributed by atoms with Crippen molar-refractivity contribution in [3.05, 3.63) is 23.5 Å². The van der Waals surface area contributed by atoms with Crippen LogP contribution in [-0.4, -0.2) is 26.8 Å². The van der Waals surface area contributed by atoms with Crippen LogP contribution in [0.4, 0.5) is 0 Å². The summed E-state index contributed by atoms with van der Waals surface area (Å²) < 4.78 is 12.8. The monoisotopic (exact) mass is 239 g/mol. The van der Waals surface area contributed by atoms with E-state index in [1.54, 1.807) is 10.8 Å². The average Bonchev–Trinajstić information content (AvgIpc) is 2.55. The summed E-state index contributed by atoms with van der Waals surface area (Å²) in [6, 6.07) is 4.20. The van der Waals surface area contributed by atoms with Gasteiger partial charge in [-0.25, -0.2) is 0 Å². The van der Waals surface area contributed by atoms with Gasteiger partial charge >= 0.3 is 0 Å². The lowest BCUT2D eigenvalue weighted by Gasteiger charge is -2.10. The molecule has 1 rings (SSSR count). The van der Waals surface area contributed by atoms with Crippen LogP contribution < -0.4 is 5.32 Å². The largest absolute Gasteiger partial charge is 0.342 e. The topological polar surface area (TPSA) is 57.8 Å². The molecule has 0 aliphatic rings. The van der Waals surface area contributed by atoms with Gasteiger partial charge in [0, 0.05) is 48.6 Å². The molecule has 2 unspecified atom stereocenters. The van der Waals surface area contributed by atoms with Gasteiger partial charge in [0.2, 0.25) is 0 Å². The van der Waals surface area contributed by atoms with Crippen LogP contribution in [0.2, 0.25) is 0 Å².